The summed E-state index contributed by atoms with van der Waals surface area (Å²) in [6, 6.07) is 4.12. The first kappa shape index (κ1) is 13.5. The van der Waals surface area contributed by atoms with Crippen LogP contribution in [0.3, 0.4) is 0 Å². The highest BCUT2D eigenvalue weighted by molar-refractivity contribution is 7.17. The molecule has 114 valence electrons. The molecule has 22 heavy (non-hydrogen) atoms. The molecule has 1 amide bonds. The lowest BCUT2D eigenvalue weighted by molar-refractivity contribution is -0.123. The third-order valence-corrected chi connectivity index (χ3v) is 5.08. The molecule has 0 saturated heterocycles. The molecule has 4 rings (SSSR count). The molecule has 1 aliphatic rings. The molecule has 0 atom stereocenters. The number of fused-ring (bicyclic) bond motifs is 3. The van der Waals surface area contributed by atoms with Crippen molar-refractivity contribution in [1.82, 2.24) is 19.5 Å². The zero-order valence-corrected chi connectivity index (χ0v) is 13.0. The van der Waals surface area contributed by atoms with Crippen molar-refractivity contribution >= 4 is 33.0 Å². The molecule has 1 saturated carbocycles. The minimum Gasteiger partial charge on any atom is -0.352 e. The number of aryl methyl sites for hydroxylation is 1. The molecular formula is C15H16N4O2S. The third kappa shape index (κ3) is 2.04. The summed E-state index contributed by atoms with van der Waals surface area (Å²) in [6.45, 7) is 1.83. The molecule has 3 aromatic rings. The largest absolute Gasteiger partial charge is 0.352 e. The molecule has 3 heterocycles. The van der Waals surface area contributed by atoms with Crippen LogP contribution in [0.5, 0.6) is 0 Å². The van der Waals surface area contributed by atoms with E-state index in [1.165, 1.54) is 4.68 Å². The fourth-order valence-corrected chi connectivity index (χ4v) is 3.70. The predicted molar refractivity (Wildman–Crippen MR) is 85.4 cm³/mol. The normalized spacial score (nSPS) is 15.3. The molecule has 0 radical (unpaired) electrons. The van der Waals surface area contributed by atoms with Gasteiger partial charge in [-0.05, 0) is 43.7 Å². The molecule has 0 unspecified atom stereocenters. The van der Waals surface area contributed by atoms with Crippen molar-refractivity contribution in [2.45, 2.75) is 38.8 Å². The van der Waals surface area contributed by atoms with Gasteiger partial charge < -0.3 is 5.32 Å². The summed E-state index contributed by atoms with van der Waals surface area (Å²) >= 11 is 1.59. The maximum atomic E-state index is 12.6. The van der Waals surface area contributed by atoms with Crippen LogP contribution in [0.4, 0.5) is 0 Å². The maximum Gasteiger partial charge on any atom is 0.291 e. The fraction of sp³-hybridized carbons (Fsp3) is 0.400. The quantitative estimate of drug-likeness (QED) is 0.799. The van der Waals surface area contributed by atoms with Gasteiger partial charge in [-0.25, -0.2) is 4.68 Å². The summed E-state index contributed by atoms with van der Waals surface area (Å²) < 4.78 is 4.18. The van der Waals surface area contributed by atoms with Crippen molar-refractivity contribution in [3.63, 3.8) is 0 Å². The lowest BCUT2D eigenvalue weighted by Crippen LogP contribution is -2.43. The van der Waals surface area contributed by atoms with Crippen LogP contribution in [-0.2, 0) is 11.3 Å². The zero-order valence-electron chi connectivity index (χ0n) is 12.2. The van der Waals surface area contributed by atoms with Gasteiger partial charge in [0.2, 0.25) is 5.91 Å². The van der Waals surface area contributed by atoms with Crippen molar-refractivity contribution in [2.24, 2.45) is 0 Å². The van der Waals surface area contributed by atoms with Gasteiger partial charge >= 0.3 is 0 Å². The Kier molecular flexibility index (Phi) is 3.04. The van der Waals surface area contributed by atoms with Gasteiger partial charge in [0.25, 0.3) is 5.56 Å². The average molecular weight is 316 g/mol. The molecule has 3 aromatic heterocycles. The number of amides is 1. The minimum atomic E-state index is -0.224. The molecule has 1 N–H and O–H groups in total. The van der Waals surface area contributed by atoms with Crippen molar-refractivity contribution in [1.29, 1.82) is 0 Å². The van der Waals surface area contributed by atoms with E-state index >= 15 is 0 Å². The smallest absolute Gasteiger partial charge is 0.291 e. The van der Waals surface area contributed by atoms with Crippen LogP contribution in [0.25, 0.3) is 15.7 Å². The molecule has 1 aliphatic carbocycles. The monoisotopic (exact) mass is 316 g/mol. The number of thiophene rings is 1. The Hall–Kier alpha value is -2.15. The number of rotatable bonds is 3. The first-order chi connectivity index (χ1) is 10.6. The Balaban J connectivity index is 1.73. The van der Waals surface area contributed by atoms with Gasteiger partial charge in [0, 0.05) is 6.04 Å². The van der Waals surface area contributed by atoms with Crippen LogP contribution in [0.15, 0.2) is 22.3 Å². The van der Waals surface area contributed by atoms with E-state index in [0.29, 0.717) is 11.3 Å². The van der Waals surface area contributed by atoms with E-state index < -0.39 is 0 Å². The topological polar surface area (TPSA) is 68.4 Å². The summed E-state index contributed by atoms with van der Waals surface area (Å²) in [5, 5.41) is 9.24. The highest BCUT2D eigenvalue weighted by Crippen LogP contribution is 2.24. The van der Waals surface area contributed by atoms with Crippen molar-refractivity contribution in [3.05, 3.63) is 33.7 Å². The van der Waals surface area contributed by atoms with Gasteiger partial charge in [-0.1, -0.05) is 0 Å². The van der Waals surface area contributed by atoms with E-state index in [1.807, 2.05) is 28.8 Å². The van der Waals surface area contributed by atoms with Gasteiger partial charge in [0.05, 0.1) is 10.2 Å². The summed E-state index contributed by atoms with van der Waals surface area (Å²) in [5.41, 5.74) is 1.34. The second-order valence-corrected chi connectivity index (χ2v) is 6.69. The zero-order chi connectivity index (χ0) is 15.3. The van der Waals surface area contributed by atoms with E-state index in [2.05, 4.69) is 10.4 Å². The lowest BCUT2D eigenvalue weighted by atomic mass is 9.93. The molecule has 0 aromatic carbocycles. The van der Waals surface area contributed by atoms with E-state index in [-0.39, 0.29) is 24.1 Å². The molecule has 7 heteroatoms. The van der Waals surface area contributed by atoms with Gasteiger partial charge in [-0.3, -0.25) is 14.0 Å². The first-order valence-electron chi connectivity index (χ1n) is 7.39. The lowest BCUT2D eigenvalue weighted by Gasteiger charge is -2.26. The number of carbonyl (C=O) groups excluding carboxylic acids is 1. The summed E-state index contributed by atoms with van der Waals surface area (Å²) in [6.07, 6.45) is 3.22. The Morgan fingerprint density at radius 1 is 1.45 bits per heavy atom. The minimum absolute atomic E-state index is 0.0223. The Labute approximate surface area is 130 Å². The number of nitrogens with one attached hydrogen (secondary N) is 1. The molecule has 0 aliphatic heterocycles. The molecule has 6 nitrogen and oxygen atoms in total. The van der Waals surface area contributed by atoms with E-state index in [0.717, 1.165) is 29.5 Å². The van der Waals surface area contributed by atoms with Crippen LogP contribution in [-0.4, -0.2) is 26.1 Å². The predicted octanol–water partition coefficient (Wildman–Crippen LogP) is 1.69. The average Bonchev–Trinajstić information content (AvgIpc) is 3.00. The second-order valence-electron chi connectivity index (χ2n) is 5.74. The van der Waals surface area contributed by atoms with Crippen LogP contribution >= 0.6 is 11.3 Å². The Morgan fingerprint density at radius 3 is 3.00 bits per heavy atom. The van der Waals surface area contributed by atoms with E-state index in [4.69, 9.17) is 0 Å². The van der Waals surface area contributed by atoms with E-state index in [9.17, 15) is 9.59 Å². The highest BCUT2D eigenvalue weighted by atomic mass is 32.1. The van der Waals surface area contributed by atoms with Gasteiger partial charge in [0.15, 0.2) is 0 Å². The van der Waals surface area contributed by atoms with Crippen molar-refractivity contribution in [2.75, 3.05) is 0 Å². The van der Waals surface area contributed by atoms with Crippen molar-refractivity contribution in [3.8, 4) is 0 Å². The standard InChI is InChI=1S/C15H16N4O2S/c1-9-17-18(8-14(20)16-10-3-2-4-10)15(21)12-7-13-11(19(9)12)5-6-22-13/h5-7,10H,2-4,8H2,1H3,(H,16,20). The second kappa shape index (κ2) is 4.95. The molecular weight excluding hydrogens is 300 g/mol. The van der Waals surface area contributed by atoms with Crippen molar-refractivity contribution < 1.29 is 4.79 Å². The van der Waals surface area contributed by atoms with Crippen LogP contribution < -0.4 is 10.9 Å². The number of hydrogen-bond acceptors (Lipinski definition) is 4. The SMILES string of the molecule is Cc1nn(CC(=O)NC2CCC2)c(=O)c2cc3sccc3n12. The Bertz CT molecular complexity index is 932. The molecule has 0 bridgehead atoms. The number of aromatic nitrogens is 3. The summed E-state index contributed by atoms with van der Waals surface area (Å²) in [4.78, 5) is 24.6. The summed E-state index contributed by atoms with van der Waals surface area (Å²) in [5.74, 6) is 0.566. The summed E-state index contributed by atoms with van der Waals surface area (Å²) in [7, 11) is 0. The van der Waals surface area contributed by atoms with Gasteiger partial charge in [-0.2, -0.15) is 5.10 Å². The highest BCUT2D eigenvalue weighted by Gasteiger charge is 2.20. The van der Waals surface area contributed by atoms with Crippen LogP contribution in [0.2, 0.25) is 0 Å². The number of carbonyl (C=O) groups is 1. The maximum absolute atomic E-state index is 12.6. The Morgan fingerprint density at radius 2 is 2.27 bits per heavy atom. The van der Waals surface area contributed by atoms with Crippen LogP contribution in [0.1, 0.15) is 25.1 Å². The van der Waals surface area contributed by atoms with Crippen LogP contribution in [0, 0.1) is 6.92 Å². The fourth-order valence-electron chi connectivity index (χ4n) is 2.90. The number of nitrogens with zero attached hydrogens (tertiary/aromatic N) is 3. The molecule has 1 fully saturated rings. The molecule has 0 spiro atoms. The van der Waals surface area contributed by atoms with Gasteiger partial charge in [-0.15, -0.1) is 11.3 Å². The first-order valence-corrected chi connectivity index (χ1v) is 8.27. The third-order valence-electron chi connectivity index (χ3n) is 4.23. The number of hydrogen-bond donors (Lipinski definition) is 1. The van der Waals surface area contributed by atoms with Gasteiger partial charge in [0.1, 0.15) is 17.9 Å². The van der Waals surface area contributed by atoms with E-state index in [1.54, 1.807) is 11.3 Å².